The van der Waals surface area contributed by atoms with Crippen molar-refractivity contribution in [2.45, 2.75) is 6.54 Å². The highest BCUT2D eigenvalue weighted by atomic mass is 16.5. The molecule has 0 aliphatic heterocycles. The van der Waals surface area contributed by atoms with Crippen LogP contribution in [-0.4, -0.2) is 27.8 Å². The SMILES string of the molecule is COc1cccc2cc(C(=O)NCc3cncc(-c4cnn(C)c4)c3)c(=O)oc12. The number of benzene rings is 1. The number of rotatable bonds is 5. The second-order valence-corrected chi connectivity index (χ2v) is 6.49. The van der Waals surface area contributed by atoms with Crippen LogP contribution in [0.25, 0.3) is 22.1 Å². The number of methoxy groups -OCH3 is 1. The van der Waals surface area contributed by atoms with Crippen molar-refractivity contribution in [3.8, 4) is 16.9 Å². The number of hydrogen-bond acceptors (Lipinski definition) is 6. The number of pyridine rings is 1. The molecule has 4 aromatic rings. The van der Waals surface area contributed by atoms with Gasteiger partial charge in [-0.1, -0.05) is 12.1 Å². The van der Waals surface area contributed by atoms with Gasteiger partial charge in [0.2, 0.25) is 0 Å². The van der Waals surface area contributed by atoms with Gasteiger partial charge in [-0.25, -0.2) is 4.79 Å². The Balaban J connectivity index is 1.55. The Bertz CT molecular complexity index is 1260. The number of fused-ring (bicyclic) bond motifs is 1. The van der Waals surface area contributed by atoms with E-state index in [9.17, 15) is 9.59 Å². The highest BCUT2D eigenvalue weighted by Crippen LogP contribution is 2.24. The Morgan fingerprint density at radius 2 is 2.07 bits per heavy atom. The molecule has 0 saturated carbocycles. The molecule has 8 heteroatoms. The van der Waals surface area contributed by atoms with Crippen molar-refractivity contribution in [2.75, 3.05) is 7.11 Å². The molecule has 0 aliphatic carbocycles. The maximum absolute atomic E-state index is 12.6. The van der Waals surface area contributed by atoms with E-state index in [1.54, 1.807) is 41.5 Å². The average Bonchev–Trinajstić information content (AvgIpc) is 3.17. The zero-order valence-electron chi connectivity index (χ0n) is 15.9. The fourth-order valence-electron chi connectivity index (χ4n) is 3.03. The van der Waals surface area contributed by atoms with Crippen LogP contribution in [0.1, 0.15) is 15.9 Å². The molecular formula is C21H18N4O4. The van der Waals surface area contributed by atoms with Crippen LogP contribution in [0.15, 0.2) is 64.3 Å². The van der Waals surface area contributed by atoms with Crippen LogP contribution in [0.2, 0.25) is 0 Å². The lowest BCUT2D eigenvalue weighted by atomic mass is 10.1. The highest BCUT2D eigenvalue weighted by Gasteiger charge is 2.15. The van der Waals surface area contributed by atoms with Crippen LogP contribution in [0.4, 0.5) is 0 Å². The monoisotopic (exact) mass is 390 g/mol. The third-order valence-electron chi connectivity index (χ3n) is 4.47. The fourth-order valence-corrected chi connectivity index (χ4v) is 3.03. The molecule has 0 fully saturated rings. The van der Waals surface area contributed by atoms with Crippen molar-refractivity contribution in [3.05, 3.63) is 76.7 Å². The normalized spacial score (nSPS) is 10.8. The van der Waals surface area contributed by atoms with E-state index in [0.29, 0.717) is 16.7 Å². The molecule has 0 saturated heterocycles. The number of nitrogens with one attached hydrogen (secondary N) is 1. The van der Waals surface area contributed by atoms with Crippen molar-refractivity contribution in [2.24, 2.45) is 7.05 Å². The molecule has 1 N–H and O–H groups in total. The van der Waals surface area contributed by atoms with Gasteiger partial charge in [-0.05, 0) is 23.8 Å². The van der Waals surface area contributed by atoms with Crippen LogP contribution in [0, 0.1) is 0 Å². The zero-order chi connectivity index (χ0) is 20.4. The van der Waals surface area contributed by atoms with Gasteiger partial charge < -0.3 is 14.5 Å². The van der Waals surface area contributed by atoms with E-state index in [4.69, 9.17) is 9.15 Å². The number of carbonyl (C=O) groups is 1. The number of ether oxygens (including phenoxy) is 1. The molecule has 146 valence electrons. The first kappa shape index (κ1) is 18.4. The summed E-state index contributed by atoms with van der Waals surface area (Å²) in [6.45, 7) is 0.218. The quantitative estimate of drug-likeness (QED) is 0.526. The molecule has 0 bridgehead atoms. The lowest BCUT2D eigenvalue weighted by Gasteiger charge is -2.08. The van der Waals surface area contributed by atoms with E-state index in [1.807, 2.05) is 19.3 Å². The molecule has 1 aromatic carbocycles. The van der Waals surface area contributed by atoms with Gasteiger partial charge in [-0.2, -0.15) is 5.10 Å². The third-order valence-corrected chi connectivity index (χ3v) is 4.47. The van der Waals surface area contributed by atoms with Gasteiger partial charge in [-0.3, -0.25) is 14.5 Å². The summed E-state index contributed by atoms with van der Waals surface area (Å²) in [6, 6.07) is 8.62. The smallest absolute Gasteiger partial charge is 0.349 e. The number of nitrogens with zero attached hydrogens (tertiary/aromatic N) is 3. The second-order valence-electron chi connectivity index (χ2n) is 6.49. The highest BCUT2D eigenvalue weighted by molar-refractivity contribution is 5.97. The zero-order valence-corrected chi connectivity index (χ0v) is 15.9. The number of aryl methyl sites for hydroxylation is 1. The Morgan fingerprint density at radius 1 is 1.21 bits per heavy atom. The predicted molar refractivity (Wildman–Crippen MR) is 107 cm³/mol. The first-order valence-electron chi connectivity index (χ1n) is 8.87. The molecule has 1 amide bonds. The van der Waals surface area contributed by atoms with Gasteiger partial charge in [0.15, 0.2) is 11.3 Å². The molecule has 0 aliphatic rings. The third kappa shape index (κ3) is 3.73. The van der Waals surface area contributed by atoms with Crippen molar-refractivity contribution in [1.29, 1.82) is 0 Å². The second kappa shape index (κ2) is 7.59. The summed E-state index contributed by atoms with van der Waals surface area (Å²) in [5.41, 5.74) is 2.14. The van der Waals surface area contributed by atoms with Crippen molar-refractivity contribution >= 4 is 16.9 Å². The standard InChI is InChI=1S/C21H18N4O4/c1-25-12-16(11-24-25)15-6-13(8-22-10-15)9-23-20(26)17-7-14-4-3-5-18(28-2)19(14)29-21(17)27/h3-8,10-12H,9H2,1-2H3,(H,23,26). The minimum atomic E-state index is -0.721. The summed E-state index contributed by atoms with van der Waals surface area (Å²) in [5, 5.41) is 7.50. The fraction of sp³-hybridized carbons (Fsp3) is 0.143. The Labute approximate surface area is 165 Å². The Hall–Kier alpha value is -3.94. The molecule has 3 aromatic heterocycles. The maximum Gasteiger partial charge on any atom is 0.349 e. The molecule has 4 rings (SSSR count). The molecule has 8 nitrogen and oxygen atoms in total. The molecular weight excluding hydrogens is 372 g/mol. The largest absolute Gasteiger partial charge is 0.493 e. The van der Waals surface area contributed by atoms with Gasteiger partial charge in [0, 0.05) is 48.7 Å². The van der Waals surface area contributed by atoms with Crippen molar-refractivity contribution in [3.63, 3.8) is 0 Å². The lowest BCUT2D eigenvalue weighted by molar-refractivity contribution is 0.0947. The maximum atomic E-state index is 12.6. The van der Waals surface area contributed by atoms with Crippen LogP contribution in [0.5, 0.6) is 5.75 Å². The van der Waals surface area contributed by atoms with E-state index in [-0.39, 0.29) is 12.1 Å². The van der Waals surface area contributed by atoms with Crippen LogP contribution < -0.4 is 15.7 Å². The van der Waals surface area contributed by atoms with E-state index in [0.717, 1.165) is 16.7 Å². The van der Waals surface area contributed by atoms with Crippen molar-refractivity contribution in [1.82, 2.24) is 20.1 Å². The topological polar surface area (TPSA) is 99.2 Å². The minimum absolute atomic E-state index is 0.0675. The minimum Gasteiger partial charge on any atom is -0.493 e. The summed E-state index contributed by atoms with van der Waals surface area (Å²) in [6.07, 6.45) is 7.02. The first-order valence-corrected chi connectivity index (χ1v) is 8.87. The summed E-state index contributed by atoms with van der Waals surface area (Å²) < 4.78 is 12.2. The van der Waals surface area contributed by atoms with Gasteiger partial charge in [0.1, 0.15) is 5.56 Å². The number of amides is 1. The summed E-state index contributed by atoms with van der Waals surface area (Å²) in [4.78, 5) is 29.1. The lowest BCUT2D eigenvalue weighted by Crippen LogP contribution is -2.27. The van der Waals surface area contributed by atoms with E-state index in [2.05, 4.69) is 15.4 Å². The Kier molecular flexibility index (Phi) is 4.82. The predicted octanol–water partition coefficient (Wildman–Crippen LogP) is 2.53. The van der Waals surface area contributed by atoms with Crippen LogP contribution in [0.3, 0.4) is 0 Å². The van der Waals surface area contributed by atoms with Crippen molar-refractivity contribution < 1.29 is 13.9 Å². The van der Waals surface area contributed by atoms with Crippen LogP contribution in [-0.2, 0) is 13.6 Å². The van der Waals surface area contributed by atoms with E-state index < -0.39 is 11.5 Å². The van der Waals surface area contributed by atoms with E-state index in [1.165, 1.54) is 13.2 Å². The first-order chi connectivity index (χ1) is 14.0. The number of aromatic nitrogens is 3. The molecule has 0 radical (unpaired) electrons. The Morgan fingerprint density at radius 3 is 2.83 bits per heavy atom. The molecule has 29 heavy (non-hydrogen) atoms. The van der Waals surface area contributed by atoms with Crippen LogP contribution >= 0.6 is 0 Å². The summed E-state index contributed by atoms with van der Waals surface area (Å²) >= 11 is 0. The van der Waals surface area contributed by atoms with Gasteiger partial charge in [0.25, 0.3) is 5.91 Å². The number of para-hydroxylation sites is 1. The van der Waals surface area contributed by atoms with Gasteiger partial charge in [-0.15, -0.1) is 0 Å². The molecule has 3 heterocycles. The summed E-state index contributed by atoms with van der Waals surface area (Å²) in [5.74, 6) is -0.0832. The van der Waals surface area contributed by atoms with E-state index >= 15 is 0 Å². The molecule has 0 unspecified atom stereocenters. The van der Waals surface area contributed by atoms with Gasteiger partial charge in [0.05, 0.1) is 13.3 Å². The number of hydrogen-bond donors (Lipinski definition) is 1. The van der Waals surface area contributed by atoms with Gasteiger partial charge >= 0.3 is 5.63 Å². The average molecular weight is 390 g/mol. The number of carbonyl (C=O) groups excluding carboxylic acids is 1. The summed E-state index contributed by atoms with van der Waals surface area (Å²) in [7, 11) is 3.33. The molecule has 0 atom stereocenters. The molecule has 0 spiro atoms.